The van der Waals surface area contributed by atoms with Crippen LogP contribution in [0.1, 0.15) is 24.2 Å². The maximum Gasteiger partial charge on any atom is 0.253 e. The summed E-state index contributed by atoms with van der Waals surface area (Å²) in [5.41, 5.74) is 0.964. The van der Waals surface area contributed by atoms with Crippen molar-refractivity contribution < 1.29 is 14.3 Å². The number of hydrogen-bond donors (Lipinski definition) is 1. The van der Waals surface area contributed by atoms with Crippen LogP contribution in [0.2, 0.25) is 0 Å². The van der Waals surface area contributed by atoms with Crippen LogP contribution in [0.25, 0.3) is 0 Å². The lowest BCUT2D eigenvalue weighted by atomic mass is 10.1. The van der Waals surface area contributed by atoms with Crippen molar-refractivity contribution in [1.82, 2.24) is 0 Å². The van der Waals surface area contributed by atoms with Crippen LogP contribution in [-0.4, -0.2) is 24.9 Å². The molecule has 0 heterocycles. The Morgan fingerprint density at radius 2 is 2.06 bits per heavy atom. The molecule has 0 spiro atoms. The molecule has 4 nitrogen and oxygen atoms in total. The molecule has 0 unspecified atom stereocenters. The molecule has 1 amide bonds. The normalized spacial score (nSPS) is 12.0. The number of Topliss-reactive ketones (excluding diaryl/α,β-unsaturated/α-hetero) is 1. The van der Waals surface area contributed by atoms with Crippen LogP contribution < -0.4 is 5.32 Å². The molecule has 1 aromatic rings. The molecule has 0 aromatic heterocycles. The Morgan fingerprint density at radius 1 is 1.41 bits per heavy atom. The monoisotopic (exact) mass is 299 g/mol. The molecule has 1 aromatic carbocycles. The topological polar surface area (TPSA) is 55.4 Å². The van der Waals surface area contributed by atoms with Crippen LogP contribution in [0.4, 0.5) is 5.69 Å². The van der Waals surface area contributed by atoms with Crippen LogP contribution in [0.5, 0.6) is 0 Å². The average Bonchev–Trinajstić information content (AvgIpc) is 2.29. The van der Waals surface area contributed by atoms with E-state index in [4.69, 9.17) is 4.74 Å². The lowest BCUT2D eigenvalue weighted by Gasteiger charge is -2.13. The predicted octanol–water partition coefficient (Wildman–Crippen LogP) is 2.63. The van der Waals surface area contributed by atoms with E-state index >= 15 is 0 Å². The zero-order valence-electron chi connectivity index (χ0n) is 9.91. The van der Waals surface area contributed by atoms with Gasteiger partial charge in [0.1, 0.15) is 6.10 Å². The second-order valence-corrected chi connectivity index (χ2v) is 4.53. The summed E-state index contributed by atoms with van der Waals surface area (Å²) in [6.07, 6.45) is -0.557. The molecule has 0 radical (unpaired) electrons. The Kier molecular flexibility index (Phi) is 4.84. The minimum atomic E-state index is -0.557. The van der Waals surface area contributed by atoms with Gasteiger partial charge in [-0.05, 0) is 32.0 Å². The number of nitrogens with one attached hydrogen (secondary N) is 1. The number of ketones is 1. The van der Waals surface area contributed by atoms with Crippen molar-refractivity contribution in [2.45, 2.75) is 20.0 Å². The number of amides is 1. The van der Waals surface area contributed by atoms with Gasteiger partial charge in [-0.1, -0.05) is 15.9 Å². The molecule has 17 heavy (non-hydrogen) atoms. The van der Waals surface area contributed by atoms with Crippen molar-refractivity contribution in [3.8, 4) is 0 Å². The fraction of sp³-hybridized carbons (Fsp3) is 0.333. The van der Waals surface area contributed by atoms with Gasteiger partial charge in [0.2, 0.25) is 0 Å². The number of anilines is 1. The van der Waals surface area contributed by atoms with Gasteiger partial charge in [-0.15, -0.1) is 0 Å². The first-order valence-corrected chi connectivity index (χ1v) is 5.89. The summed E-state index contributed by atoms with van der Waals surface area (Å²) >= 11 is 3.28. The van der Waals surface area contributed by atoms with Crippen LogP contribution in [-0.2, 0) is 9.53 Å². The van der Waals surface area contributed by atoms with Gasteiger partial charge in [0, 0.05) is 17.1 Å². The van der Waals surface area contributed by atoms with Crippen molar-refractivity contribution in [3.05, 3.63) is 28.2 Å². The van der Waals surface area contributed by atoms with E-state index in [0.29, 0.717) is 11.3 Å². The highest BCUT2D eigenvalue weighted by atomic mass is 79.9. The van der Waals surface area contributed by atoms with E-state index in [1.54, 1.807) is 25.1 Å². The molecule has 0 aliphatic carbocycles. The first-order valence-electron chi connectivity index (χ1n) is 5.10. The summed E-state index contributed by atoms with van der Waals surface area (Å²) in [5, 5.41) is 2.66. The number of carbonyl (C=O) groups is 2. The van der Waals surface area contributed by atoms with Crippen LogP contribution in [0.15, 0.2) is 22.7 Å². The van der Waals surface area contributed by atoms with Gasteiger partial charge in [0.15, 0.2) is 5.78 Å². The molecule has 0 aliphatic heterocycles. The molecule has 1 atom stereocenters. The second kappa shape index (κ2) is 5.93. The van der Waals surface area contributed by atoms with Crippen molar-refractivity contribution >= 4 is 33.3 Å². The van der Waals surface area contributed by atoms with Gasteiger partial charge in [0.25, 0.3) is 5.91 Å². The molecule has 0 aliphatic rings. The summed E-state index contributed by atoms with van der Waals surface area (Å²) in [7, 11) is 1.46. The molecule has 92 valence electrons. The zero-order chi connectivity index (χ0) is 13.0. The molecule has 0 saturated heterocycles. The van der Waals surface area contributed by atoms with Crippen LogP contribution in [0.3, 0.4) is 0 Å². The fourth-order valence-electron chi connectivity index (χ4n) is 1.26. The van der Waals surface area contributed by atoms with Crippen molar-refractivity contribution in [2.24, 2.45) is 0 Å². The number of carbonyl (C=O) groups excluding carboxylic acids is 2. The van der Waals surface area contributed by atoms with Crippen molar-refractivity contribution in [2.75, 3.05) is 12.4 Å². The summed E-state index contributed by atoms with van der Waals surface area (Å²) < 4.78 is 5.69. The van der Waals surface area contributed by atoms with Crippen LogP contribution >= 0.6 is 15.9 Å². The molecule has 5 heteroatoms. The van der Waals surface area contributed by atoms with E-state index < -0.39 is 6.10 Å². The maximum absolute atomic E-state index is 11.6. The van der Waals surface area contributed by atoms with Gasteiger partial charge in [-0.2, -0.15) is 0 Å². The maximum atomic E-state index is 11.6. The average molecular weight is 300 g/mol. The Morgan fingerprint density at radius 3 is 2.59 bits per heavy atom. The molecule has 0 saturated carbocycles. The largest absolute Gasteiger partial charge is 0.372 e. The SMILES string of the molecule is CO[C@@H](C)C(=O)Nc1ccc(Br)cc1C(C)=O. The number of halogens is 1. The third-order valence-corrected chi connectivity index (χ3v) is 2.83. The lowest BCUT2D eigenvalue weighted by Crippen LogP contribution is -2.27. The summed E-state index contributed by atoms with van der Waals surface area (Å²) in [5.74, 6) is -0.385. The van der Waals surface area contributed by atoms with Crippen LogP contribution in [0, 0.1) is 0 Å². The minimum Gasteiger partial charge on any atom is -0.372 e. The summed E-state index contributed by atoms with van der Waals surface area (Å²) in [6.45, 7) is 3.10. The number of methoxy groups -OCH3 is 1. The van der Waals surface area contributed by atoms with Gasteiger partial charge < -0.3 is 10.1 Å². The molecular weight excluding hydrogens is 286 g/mol. The fourth-order valence-corrected chi connectivity index (χ4v) is 1.62. The number of rotatable bonds is 4. The Labute approximate surface area is 108 Å². The first kappa shape index (κ1) is 13.9. The third-order valence-electron chi connectivity index (χ3n) is 2.34. The Balaban J connectivity index is 2.98. The van der Waals surface area contributed by atoms with Gasteiger partial charge in [-0.3, -0.25) is 9.59 Å². The smallest absolute Gasteiger partial charge is 0.253 e. The highest BCUT2D eigenvalue weighted by molar-refractivity contribution is 9.10. The first-order chi connectivity index (χ1) is 7.95. The zero-order valence-corrected chi connectivity index (χ0v) is 11.5. The van der Waals surface area contributed by atoms with E-state index in [9.17, 15) is 9.59 Å². The van der Waals surface area contributed by atoms with Gasteiger partial charge in [-0.25, -0.2) is 0 Å². The third kappa shape index (κ3) is 3.64. The minimum absolute atomic E-state index is 0.105. The number of ether oxygens (including phenoxy) is 1. The number of hydrogen-bond acceptors (Lipinski definition) is 3. The van der Waals surface area contributed by atoms with E-state index in [1.807, 2.05) is 0 Å². The molecule has 1 rings (SSSR count). The summed E-state index contributed by atoms with van der Waals surface area (Å²) in [4.78, 5) is 23.1. The highest BCUT2D eigenvalue weighted by Crippen LogP contribution is 2.21. The van der Waals surface area contributed by atoms with E-state index in [0.717, 1.165) is 4.47 Å². The highest BCUT2D eigenvalue weighted by Gasteiger charge is 2.15. The van der Waals surface area contributed by atoms with Crippen molar-refractivity contribution in [1.29, 1.82) is 0 Å². The number of benzene rings is 1. The van der Waals surface area contributed by atoms with E-state index in [1.165, 1.54) is 14.0 Å². The summed E-state index contributed by atoms with van der Waals surface area (Å²) in [6, 6.07) is 5.12. The van der Waals surface area contributed by atoms with Gasteiger partial charge in [0.05, 0.1) is 5.69 Å². The molecular formula is C12H14BrNO3. The molecule has 0 bridgehead atoms. The van der Waals surface area contributed by atoms with E-state index in [-0.39, 0.29) is 11.7 Å². The van der Waals surface area contributed by atoms with E-state index in [2.05, 4.69) is 21.2 Å². The molecule has 0 fully saturated rings. The van der Waals surface area contributed by atoms with Crippen molar-refractivity contribution in [3.63, 3.8) is 0 Å². The quantitative estimate of drug-likeness (QED) is 0.870. The standard InChI is InChI=1S/C12H14BrNO3/c1-7(15)10-6-9(13)4-5-11(10)14-12(16)8(2)17-3/h4-6,8H,1-3H3,(H,14,16)/t8-/m0/s1. The Bertz CT molecular complexity index is 445. The molecule has 1 N–H and O–H groups in total. The second-order valence-electron chi connectivity index (χ2n) is 3.61. The lowest BCUT2D eigenvalue weighted by molar-refractivity contribution is -0.124. The Hall–Kier alpha value is -1.20. The van der Waals surface area contributed by atoms with Gasteiger partial charge >= 0.3 is 0 Å². The predicted molar refractivity (Wildman–Crippen MR) is 69.2 cm³/mol.